The maximum atomic E-state index is 12.0. The number of carbonyl (C=O) groups excluding carboxylic acids is 1. The van der Waals surface area contributed by atoms with E-state index in [-0.39, 0.29) is 6.61 Å². The predicted molar refractivity (Wildman–Crippen MR) is 79.5 cm³/mol. The highest BCUT2D eigenvalue weighted by Gasteiger charge is 2.09. The molecule has 0 fully saturated rings. The van der Waals surface area contributed by atoms with Gasteiger partial charge in [-0.25, -0.2) is 19.4 Å². The molecular weight excluding hydrogens is 280 g/mol. The monoisotopic (exact) mass is 294 g/mol. The molecule has 0 atom stereocenters. The molecule has 110 valence electrons. The van der Waals surface area contributed by atoms with Crippen molar-refractivity contribution in [2.75, 3.05) is 0 Å². The number of pyridine rings is 1. The van der Waals surface area contributed by atoms with Crippen LogP contribution in [0.3, 0.4) is 0 Å². The van der Waals surface area contributed by atoms with Crippen LogP contribution in [0.4, 0.5) is 0 Å². The van der Waals surface area contributed by atoms with E-state index in [1.54, 1.807) is 18.5 Å². The number of rotatable bonds is 4. The van der Waals surface area contributed by atoms with Gasteiger partial charge in [-0.3, -0.25) is 0 Å². The molecule has 0 aliphatic rings. The van der Waals surface area contributed by atoms with Crippen molar-refractivity contribution in [2.45, 2.75) is 13.5 Å². The summed E-state index contributed by atoms with van der Waals surface area (Å²) in [5.74, 6) is 0.189. The first kappa shape index (κ1) is 13.9. The minimum absolute atomic E-state index is 0.246. The third kappa shape index (κ3) is 3.01. The largest absolute Gasteiger partial charge is 0.457 e. The molecule has 0 saturated heterocycles. The first-order chi connectivity index (χ1) is 10.7. The molecule has 0 saturated carbocycles. The highest BCUT2D eigenvalue weighted by atomic mass is 16.5. The van der Waals surface area contributed by atoms with Crippen molar-refractivity contribution in [3.63, 3.8) is 0 Å². The zero-order chi connectivity index (χ0) is 15.4. The average molecular weight is 294 g/mol. The molecule has 6 nitrogen and oxygen atoms in total. The molecule has 3 rings (SSSR count). The first-order valence-corrected chi connectivity index (χ1v) is 6.77. The van der Waals surface area contributed by atoms with Crippen LogP contribution in [0.1, 0.15) is 21.5 Å². The van der Waals surface area contributed by atoms with Gasteiger partial charge in [-0.15, -0.1) is 0 Å². The van der Waals surface area contributed by atoms with E-state index in [0.717, 1.165) is 11.1 Å². The minimum Gasteiger partial charge on any atom is -0.457 e. The molecule has 0 radical (unpaired) electrons. The van der Waals surface area contributed by atoms with Gasteiger partial charge in [0.25, 0.3) is 0 Å². The van der Waals surface area contributed by atoms with Crippen LogP contribution in [0.5, 0.6) is 0 Å². The highest BCUT2D eigenvalue weighted by molar-refractivity contribution is 5.89. The number of aryl methyl sites for hydroxylation is 1. The minimum atomic E-state index is -0.402. The molecule has 0 bridgehead atoms. The van der Waals surface area contributed by atoms with Crippen molar-refractivity contribution in [2.24, 2.45) is 0 Å². The van der Waals surface area contributed by atoms with Crippen LogP contribution < -0.4 is 0 Å². The molecule has 0 unspecified atom stereocenters. The van der Waals surface area contributed by atoms with Gasteiger partial charge < -0.3 is 4.74 Å². The van der Waals surface area contributed by atoms with Gasteiger partial charge in [-0.1, -0.05) is 24.3 Å². The van der Waals surface area contributed by atoms with Gasteiger partial charge in [0.15, 0.2) is 5.82 Å². The number of nitrogens with zero attached hydrogens (tertiary/aromatic N) is 4. The number of hydrogen-bond donors (Lipinski definition) is 0. The summed E-state index contributed by atoms with van der Waals surface area (Å²) in [7, 11) is 0. The summed E-state index contributed by atoms with van der Waals surface area (Å²) in [6.07, 6.45) is 4.43. The summed E-state index contributed by atoms with van der Waals surface area (Å²) in [6, 6.07) is 11.1. The second kappa shape index (κ2) is 6.17. The lowest BCUT2D eigenvalue weighted by Gasteiger charge is -2.07. The fourth-order valence-electron chi connectivity index (χ4n) is 1.97. The Hall–Kier alpha value is -3.02. The van der Waals surface area contributed by atoms with Crippen LogP contribution in [-0.2, 0) is 11.3 Å². The van der Waals surface area contributed by atoms with Crippen molar-refractivity contribution < 1.29 is 9.53 Å². The zero-order valence-electron chi connectivity index (χ0n) is 12.0. The van der Waals surface area contributed by atoms with Crippen LogP contribution in [0.2, 0.25) is 0 Å². The summed E-state index contributed by atoms with van der Waals surface area (Å²) < 4.78 is 6.83. The third-order valence-electron chi connectivity index (χ3n) is 3.26. The van der Waals surface area contributed by atoms with Crippen LogP contribution in [0, 0.1) is 6.92 Å². The van der Waals surface area contributed by atoms with Crippen LogP contribution >= 0.6 is 0 Å². The summed E-state index contributed by atoms with van der Waals surface area (Å²) in [5.41, 5.74) is 2.48. The number of carbonyl (C=O) groups is 1. The smallest absolute Gasteiger partial charge is 0.340 e. The Morgan fingerprint density at radius 3 is 2.77 bits per heavy atom. The molecular formula is C16H14N4O2. The molecule has 0 amide bonds. The molecule has 22 heavy (non-hydrogen) atoms. The maximum absolute atomic E-state index is 12.0. The van der Waals surface area contributed by atoms with E-state index in [0.29, 0.717) is 11.4 Å². The van der Waals surface area contributed by atoms with E-state index in [4.69, 9.17) is 4.74 Å². The molecule has 0 N–H and O–H groups in total. The Kier molecular flexibility index (Phi) is 3.91. The van der Waals surface area contributed by atoms with Gasteiger partial charge in [0.05, 0.1) is 5.56 Å². The second-order valence-electron chi connectivity index (χ2n) is 4.75. The summed E-state index contributed by atoms with van der Waals surface area (Å²) in [6.45, 7) is 2.23. The van der Waals surface area contributed by atoms with Gasteiger partial charge in [0.2, 0.25) is 0 Å². The van der Waals surface area contributed by atoms with Gasteiger partial charge in [-0.2, -0.15) is 5.10 Å². The van der Waals surface area contributed by atoms with Crippen molar-refractivity contribution in [1.82, 2.24) is 19.7 Å². The molecule has 6 heteroatoms. The topological polar surface area (TPSA) is 69.9 Å². The van der Waals surface area contributed by atoms with Gasteiger partial charge in [-0.05, 0) is 30.2 Å². The number of ether oxygens (including phenoxy) is 1. The van der Waals surface area contributed by atoms with E-state index in [2.05, 4.69) is 15.1 Å². The van der Waals surface area contributed by atoms with Gasteiger partial charge in [0.1, 0.15) is 19.3 Å². The Morgan fingerprint density at radius 1 is 1.23 bits per heavy atom. The lowest BCUT2D eigenvalue weighted by atomic mass is 10.1. The van der Waals surface area contributed by atoms with E-state index >= 15 is 0 Å². The lowest BCUT2D eigenvalue weighted by molar-refractivity contribution is 0.0471. The maximum Gasteiger partial charge on any atom is 0.340 e. The van der Waals surface area contributed by atoms with Crippen molar-refractivity contribution in [1.29, 1.82) is 0 Å². The summed E-state index contributed by atoms with van der Waals surface area (Å²) >= 11 is 0. The standard InChI is InChI=1S/C16H14N4O2/c1-12-4-2-3-5-14(12)9-22-16(21)13-6-7-15(18-8-13)20-11-17-10-19-20/h2-8,10-11H,9H2,1H3. The van der Waals surface area contributed by atoms with E-state index in [1.807, 2.05) is 31.2 Å². The number of benzene rings is 1. The molecule has 0 aliphatic heterocycles. The first-order valence-electron chi connectivity index (χ1n) is 6.77. The molecule has 0 aliphatic carbocycles. The van der Waals surface area contributed by atoms with Gasteiger partial charge >= 0.3 is 5.97 Å². The molecule has 3 aromatic rings. The average Bonchev–Trinajstić information content (AvgIpc) is 3.08. The molecule has 0 spiro atoms. The van der Waals surface area contributed by atoms with Crippen molar-refractivity contribution >= 4 is 5.97 Å². The normalized spacial score (nSPS) is 10.4. The van der Waals surface area contributed by atoms with E-state index in [1.165, 1.54) is 17.2 Å². The summed E-state index contributed by atoms with van der Waals surface area (Å²) in [4.78, 5) is 20.1. The molecule has 2 heterocycles. The molecule has 2 aromatic heterocycles. The number of hydrogen-bond acceptors (Lipinski definition) is 5. The SMILES string of the molecule is Cc1ccccc1COC(=O)c1ccc(-n2cncn2)nc1. The summed E-state index contributed by atoms with van der Waals surface area (Å²) in [5, 5.41) is 3.97. The third-order valence-corrected chi connectivity index (χ3v) is 3.26. The van der Waals surface area contributed by atoms with Crippen LogP contribution in [0.25, 0.3) is 5.82 Å². The quantitative estimate of drug-likeness (QED) is 0.691. The predicted octanol–water partition coefficient (Wildman–Crippen LogP) is 2.33. The number of aromatic nitrogens is 4. The van der Waals surface area contributed by atoms with E-state index < -0.39 is 5.97 Å². The lowest BCUT2D eigenvalue weighted by Crippen LogP contribution is -2.07. The highest BCUT2D eigenvalue weighted by Crippen LogP contribution is 2.11. The van der Waals surface area contributed by atoms with Crippen molar-refractivity contribution in [3.05, 3.63) is 71.9 Å². The zero-order valence-corrected chi connectivity index (χ0v) is 12.0. The van der Waals surface area contributed by atoms with Crippen molar-refractivity contribution in [3.8, 4) is 5.82 Å². The van der Waals surface area contributed by atoms with Gasteiger partial charge in [0, 0.05) is 6.20 Å². The Labute approximate surface area is 127 Å². The van der Waals surface area contributed by atoms with Crippen LogP contribution in [-0.4, -0.2) is 25.7 Å². The second-order valence-corrected chi connectivity index (χ2v) is 4.75. The fourth-order valence-corrected chi connectivity index (χ4v) is 1.97. The Bertz CT molecular complexity index is 767. The van der Waals surface area contributed by atoms with Crippen LogP contribution in [0.15, 0.2) is 55.2 Å². The molecule has 1 aromatic carbocycles. The Balaban J connectivity index is 1.67. The number of esters is 1. The van der Waals surface area contributed by atoms with E-state index in [9.17, 15) is 4.79 Å². The fraction of sp³-hybridized carbons (Fsp3) is 0.125. The Morgan fingerprint density at radius 2 is 2.09 bits per heavy atom.